The molecule has 0 radical (unpaired) electrons. The van der Waals surface area contributed by atoms with E-state index in [-0.39, 0.29) is 4.82 Å². The molecule has 0 aromatic heterocycles. The average Bonchev–Trinajstić information content (AvgIpc) is 2.17. The lowest BCUT2D eigenvalue weighted by Crippen LogP contribution is -2.18. The molecule has 70 valence electrons. The number of halogens is 1. The highest BCUT2D eigenvalue weighted by atomic mass is 79.9. The van der Waals surface area contributed by atoms with Crippen molar-refractivity contribution in [3.8, 4) is 5.75 Å². The van der Waals surface area contributed by atoms with Gasteiger partial charge in [0.1, 0.15) is 5.75 Å². The summed E-state index contributed by atoms with van der Waals surface area (Å²) in [7, 11) is 3.30. The van der Waals surface area contributed by atoms with Gasteiger partial charge in [-0.15, -0.1) is 0 Å². The fourth-order valence-electron chi connectivity index (χ4n) is 0.907. The van der Waals surface area contributed by atoms with E-state index >= 15 is 0 Å². The average molecular weight is 244 g/mol. The van der Waals surface area contributed by atoms with Crippen molar-refractivity contribution in [3.05, 3.63) is 24.3 Å². The Balaban J connectivity index is 2.85. The van der Waals surface area contributed by atoms with E-state index in [2.05, 4.69) is 15.9 Å². The van der Waals surface area contributed by atoms with Crippen LogP contribution >= 0.6 is 15.9 Å². The van der Waals surface area contributed by atoms with Crippen LogP contribution in [0, 0.1) is 0 Å². The second-order valence-corrected chi connectivity index (χ2v) is 3.19. The molecule has 13 heavy (non-hydrogen) atoms. The summed E-state index contributed by atoms with van der Waals surface area (Å²) in [5.41, 5.74) is 0.822. The second-order valence-electron chi connectivity index (χ2n) is 2.51. The van der Waals surface area contributed by atoms with Gasteiger partial charge in [-0.25, -0.2) is 0 Å². The molecule has 0 fully saturated rings. The van der Waals surface area contributed by atoms with Crippen LogP contribution < -0.4 is 9.64 Å². The van der Waals surface area contributed by atoms with Gasteiger partial charge in [0.05, 0.1) is 7.11 Å². The Morgan fingerprint density at radius 3 is 2.31 bits per heavy atom. The first-order chi connectivity index (χ1) is 6.15. The van der Waals surface area contributed by atoms with Crippen molar-refractivity contribution in [2.45, 2.75) is 0 Å². The van der Waals surface area contributed by atoms with Gasteiger partial charge in [-0.2, -0.15) is 0 Å². The van der Waals surface area contributed by atoms with Gasteiger partial charge in [0.25, 0.3) is 4.82 Å². The summed E-state index contributed by atoms with van der Waals surface area (Å²) in [6, 6.07) is 7.25. The van der Waals surface area contributed by atoms with E-state index in [1.165, 1.54) is 4.90 Å². The van der Waals surface area contributed by atoms with Gasteiger partial charge in [0.15, 0.2) is 0 Å². The maximum atomic E-state index is 10.9. The van der Waals surface area contributed by atoms with Crippen LogP contribution in [0.4, 0.5) is 10.5 Å². The molecule has 3 nitrogen and oxygen atoms in total. The normalized spacial score (nSPS) is 9.46. The molecular weight excluding hydrogens is 234 g/mol. The van der Waals surface area contributed by atoms with Crippen LogP contribution in [-0.4, -0.2) is 19.0 Å². The van der Waals surface area contributed by atoms with Gasteiger partial charge in [-0.3, -0.25) is 4.79 Å². The molecule has 0 saturated heterocycles. The number of anilines is 1. The molecule has 1 aromatic rings. The van der Waals surface area contributed by atoms with Crippen LogP contribution in [0.3, 0.4) is 0 Å². The van der Waals surface area contributed by atoms with E-state index in [1.807, 2.05) is 24.3 Å². The molecule has 1 amide bonds. The highest BCUT2D eigenvalue weighted by molar-refractivity contribution is 9.18. The fraction of sp³-hybridized carbons (Fsp3) is 0.222. The number of rotatable bonds is 2. The zero-order valence-electron chi connectivity index (χ0n) is 7.45. The number of carbonyl (C=O) groups excluding carboxylic acids is 1. The number of ether oxygens (including phenoxy) is 1. The number of hydrogen-bond acceptors (Lipinski definition) is 2. The van der Waals surface area contributed by atoms with E-state index in [9.17, 15) is 4.79 Å². The number of methoxy groups -OCH3 is 1. The van der Waals surface area contributed by atoms with Crippen molar-refractivity contribution < 1.29 is 9.53 Å². The molecule has 0 unspecified atom stereocenters. The van der Waals surface area contributed by atoms with Crippen molar-refractivity contribution >= 4 is 26.4 Å². The Hall–Kier alpha value is -1.03. The summed E-state index contributed by atoms with van der Waals surface area (Å²) >= 11 is 2.87. The largest absolute Gasteiger partial charge is 0.497 e. The van der Waals surface area contributed by atoms with E-state index in [4.69, 9.17) is 4.74 Å². The molecule has 0 atom stereocenters. The summed E-state index contributed by atoms with van der Waals surface area (Å²) in [5.74, 6) is 0.777. The van der Waals surface area contributed by atoms with Crippen LogP contribution in [0.25, 0.3) is 0 Å². The third-order valence-corrected chi connectivity index (χ3v) is 2.26. The van der Waals surface area contributed by atoms with Gasteiger partial charge in [-0.05, 0) is 24.3 Å². The smallest absolute Gasteiger partial charge is 0.293 e. The molecule has 0 saturated carbocycles. The summed E-state index contributed by atoms with van der Waals surface area (Å²) in [6.45, 7) is 0. The van der Waals surface area contributed by atoms with Gasteiger partial charge in [0, 0.05) is 28.7 Å². The molecule has 0 N–H and O–H groups in total. The number of carbonyl (C=O) groups is 1. The quantitative estimate of drug-likeness (QED) is 0.591. The molecule has 4 heteroatoms. The predicted octanol–water partition coefficient (Wildman–Crippen LogP) is 2.65. The number of hydrogen-bond donors (Lipinski definition) is 0. The molecule has 0 aliphatic carbocycles. The molecule has 0 aliphatic rings. The topological polar surface area (TPSA) is 29.5 Å². The van der Waals surface area contributed by atoms with Crippen molar-refractivity contribution in [1.29, 1.82) is 0 Å². The Labute approximate surface area is 85.4 Å². The Kier molecular flexibility index (Phi) is 3.31. The summed E-state index contributed by atoms with van der Waals surface area (Å²) in [4.78, 5) is 12.2. The van der Waals surface area contributed by atoms with Crippen LogP contribution in [0.5, 0.6) is 5.75 Å². The number of nitrogens with zero attached hydrogens (tertiary/aromatic N) is 1. The molecular formula is C9H10BrNO2. The first kappa shape index (κ1) is 10.1. The van der Waals surface area contributed by atoms with Crippen molar-refractivity contribution in [2.75, 3.05) is 19.1 Å². The molecule has 0 spiro atoms. The molecule has 0 aliphatic heterocycles. The lowest BCUT2D eigenvalue weighted by atomic mass is 10.3. The number of benzene rings is 1. The van der Waals surface area contributed by atoms with E-state index in [0.717, 1.165) is 11.4 Å². The minimum atomic E-state index is -0.169. The first-order valence-electron chi connectivity index (χ1n) is 3.72. The zero-order valence-corrected chi connectivity index (χ0v) is 9.04. The molecule has 0 heterocycles. The molecule has 0 bridgehead atoms. The first-order valence-corrected chi connectivity index (χ1v) is 4.51. The van der Waals surface area contributed by atoms with E-state index < -0.39 is 0 Å². The maximum absolute atomic E-state index is 10.9. The van der Waals surface area contributed by atoms with Crippen LogP contribution in [0.1, 0.15) is 0 Å². The van der Waals surface area contributed by atoms with Crippen molar-refractivity contribution in [2.24, 2.45) is 0 Å². The van der Waals surface area contributed by atoms with Gasteiger partial charge < -0.3 is 9.64 Å². The minimum absolute atomic E-state index is 0.169. The van der Waals surface area contributed by atoms with Gasteiger partial charge in [-0.1, -0.05) is 0 Å². The predicted molar refractivity (Wildman–Crippen MR) is 55.7 cm³/mol. The summed E-state index contributed by atoms with van der Waals surface area (Å²) in [5, 5.41) is 0. The molecule has 1 aromatic carbocycles. The zero-order chi connectivity index (χ0) is 9.84. The monoisotopic (exact) mass is 243 g/mol. The lowest BCUT2D eigenvalue weighted by Gasteiger charge is -2.13. The summed E-state index contributed by atoms with van der Waals surface area (Å²) < 4.78 is 4.99. The second kappa shape index (κ2) is 4.28. The fourth-order valence-corrected chi connectivity index (χ4v) is 1.11. The highest BCUT2D eigenvalue weighted by Gasteiger charge is 2.05. The van der Waals surface area contributed by atoms with Crippen molar-refractivity contribution in [3.63, 3.8) is 0 Å². The SMILES string of the molecule is COc1ccc(N(C)C(=O)Br)cc1. The van der Waals surface area contributed by atoms with Crippen LogP contribution in [0.15, 0.2) is 24.3 Å². The standard InChI is InChI=1S/C9H10BrNO2/c1-11(9(10)12)7-3-5-8(13-2)6-4-7/h3-6H,1-2H3. The van der Waals surface area contributed by atoms with Gasteiger partial charge >= 0.3 is 0 Å². The minimum Gasteiger partial charge on any atom is -0.497 e. The Morgan fingerprint density at radius 2 is 1.92 bits per heavy atom. The van der Waals surface area contributed by atoms with Gasteiger partial charge in [0.2, 0.25) is 0 Å². The third kappa shape index (κ3) is 2.45. The highest BCUT2D eigenvalue weighted by Crippen LogP contribution is 2.19. The summed E-state index contributed by atoms with van der Waals surface area (Å²) in [6.07, 6.45) is 0. The molecule has 1 rings (SSSR count). The Bertz CT molecular complexity index is 297. The van der Waals surface area contributed by atoms with Crippen molar-refractivity contribution in [1.82, 2.24) is 0 Å². The van der Waals surface area contributed by atoms with E-state index in [1.54, 1.807) is 14.2 Å². The maximum Gasteiger partial charge on any atom is 0.293 e. The van der Waals surface area contributed by atoms with E-state index in [0.29, 0.717) is 0 Å². The Morgan fingerprint density at radius 1 is 1.38 bits per heavy atom. The lowest BCUT2D eigenvalue weighted by molar-refractivity contribution is 0.267. The van der Waals surface area contributed by atoms with Crippen LogP contribution in [-0.2, 0) is 0 Å². The number of amides is 1. The van der Waals surface area contributed by atoms with Crippen LogP contribution in [0.2, 0.25) is 0 Å². The third-order valence-electron chi connectivity index (χ3n) is 1.72.